The molecule has 5 heteroatoms. The molecule has 20 heavy (non-hydrogen) atoms. The third kappa shape index (κ3) is 3.51. The molecule has 0 fully saturated rings. The molecule has 2 rings (SSSR count). The topological polar surface area (TPSA) is 56.5 Å². The molecule has 1 atom stereocenters. The molecule has 0 saturated heterocycles. The first-order chi connectivity index (χ1) is 9.74. The fourth-order valence-electron chi connectivity index (χ4n) is 1.96. The van der Waals surface area contributed by atoms with Crippen molar-refractivity contribution in [2.75, 3.05) is 13.7 Å². The second-order valence-corrected chi connectivity index (χ2v) is 4.46. The predicted molar refractivity (Wildman–Crippen MR) is 75.9 cm³/mol. The van der Waals surface area contributed by atoms with E-state index in [9.17, 15) is 0 Å². The number of nitrogens with one attached hydrogen (secondary N) is 1. The summed E-state index contributed by atoms with van der Waals surface area (Å²) in [4.78, 5) is 0. The molecule has 0 radical (unpaired) electrons. The first-order valence-corrected chi connectivity index (χ1v) is 6.68. The highest BCUT2D eigenvalue weighted by atomic mass is 16.5. The Morgan fingerprint density at radius 3 is 2.80 bits per heavy atom. The smallest absolute Gasteiger partial charge is 0.174 e. The van der Waals surface area contributed by atoms with Crippen LogP contribution in [0.4, 0.5) is 0 Å². The van der Waals surface area contributed by atoms with Crippen molar-refractivity contribution in [2.24, 2.45) is 0 Å². The van der Waals surface area contributed by atoms with Gasteiger partial charge in [-0.25, -0.2) is 0 Å². The average molecular weight is 276 g/mol. The Hall–Kier alpha value is -2.01. The summed E-state index contributed by atoms with van der Waals surface area (Å²) >= 11 is 0. The van der Waals surface area contributed by atoms with Crippen LogP contribution in [0.25, 0.3) is 0 Å². The van der Waals surface area contributed by atoms with Gasteiger partial charge in [-0.3, -0.25) is 0 Å². The summed E-state index contributed by atoms with van der Waals surface area (Å²) in [5.74, 6) is 2.08. The summed E-state index contributed by atoms with van der Waals surface area (Å²) in [7, 11) is 1.64. The van der Waals surface area contributed by atoms with E-state index in [1.165, 1.54) is 0 Å². The largest absolute Gasteiger partial charge is 0.493 e. The Morgan fingerprint density at radius 2 is 2.15 bits per heavy atom. The van der Waals surface area contributed by atoms with Crippen molar-refractivity contribution < 1.29 is 14.0 Å². The average Bonchev–Trinajstić information content (AvgIpc) is 2.98. The van der Waals surface area contributed by atoms with E-state index in [0.717, 1.165) is 12.1 Å². The van der Waals surface area contributed by atoms with Crippen LogP contribution >= 0.6 is 0 Å². The Morgan fingerprint density at radius 1 is 1.30 bits per heavy atom. The highest BCUT2D eigenvalue weighted by molar-refractivity contribution is 5.43. The number of nitrogens with zero attached hydrogens (tertiary/aromatic N) is 1. The van der Waals surface area contributed by atoms with Gasteiger partial charge in [0.2, 0.25) is 0 Å². The molecule has 0 saturated carbocycles. The summed E-state index contributed by atoms with van der Waals surface area (Å²) in [6.45, 7) is 5.46. The van der Waals surface area contributed by atoms with Crippen molar-refractivity contribution in [3.8, 4) is 11.5 Å². The third-order valence-corrected chi connectivity index (χ3v) is 3.06. The van der Waals surface area contributed by atoms with E-state index >= 15 is 0 Å². The minimum absolute atomic E-state index is 0.275. The normalized spacial score (nSPS) is 12.2. The molecule has 5 nitrogen and oxygen atoms in total. The summed E-state index contributed by atoms with van der Waals surface area (Å²) in [5, 5.41) is 7.01. The first kappa shape index (κ1) is 14.4. The molecule has 1 heterocycles. The van der Waals surface area contributed by atoms with Crippen molar-refractivity contribution in [1.82, 2.24) is 10.5 Å². The monoisotopic (exact) mass is 276 g/mol. The van der Waals surface area contributed by atoms with Gasteiger partial charge in [-0.2, -0.15) is 0 Å². The van der Waals surface area contributed by atoms with Gasteiger partial charge in [0.25, 0.3) is 0 Å². The second kappa shape index (κ2) is 6.96. The molecule has 0 aliphatic carbocycles. The Bertz CT molecular complexity index is 526. The molecule has 0 amide bonds. The van der Waals surface area contributed by atoms with Crippen LogP contribution in [-0.2, 0) is 6.61 Å². The zero-order chi connectivity index (χ0) is 14.4. The summed E-state index contributed by atoms with van der Waals surface area (Å²) in [6.07, 6.45) is 1.59. The molecule has 0 aliphatic rings. The fraction of sp³-hybridized carbons (Fsp3) is 0.400. The van der Waals surface area contributed by atoms with Crippen LogP contribution in [0.3, 0.4) is 0 Å². The van der Waals surface area contributed by atoms with E-state index < -0.39 is 0 Å². The van der Waals surface area contributed by atoms with Crippen LogP contribution < -0.4 is 14.8 Å². The maximum atomic E-state index is 5.69. The Balaban J connectivity index is 2.09. The number of methoxy groups -OCH3 is 1. The maximum Gasteiger partial charge on any atom is 0.174 e. The van der Waals surface area contributed by atoms with Crippen LogP contribution in [0.5, 0.6) is 11.5 Å². The van der Waals surface area contributed by atoms with Crippen molar-refractivity contribution in [1.29, 1.82) is 0 Å². The molecule has 0 bridgehead atoms. The van der Waals surface area contributed by atoms with E-state index in [4.69, 9.17) is 14.0 Å². The van der Waals surface area contributed by atoms with E-state index in [2.05, 4.69) is 24.3 Å². The Labute approximate surface area is 118 Å². The third-order valence-electron chi connectivity index (χ3n) is 3.06. The van der Waals surface area contributed by atoms with Crippen molar-refractivity contribution in [3.63, 3.8) is 0 Å². The van der Waals surface area contributed by atoms with Gasteiger partial charge in [-0.05, 0) is 31.2 Å². The number of benzene rings is 1. The predicted octanol–water partition coefficient (Wildman–Crippen LogP) is 2.93. The summed E-state index contributed by atoms with van der Waals surface area (Å²) < 4.78 is 16.1. The standard InChI is InChI=1S/C15H20N2O3/c1-4-16-11(2)12-5-6-14(15(9-12)18-3)19-10-13-7-8-17-20-13/h5-9,11,16H,4,10H2,1-3H3. The minimum Gasteiger partial charge on any atom is -0.493 e. The highest BCUT2D eigenvalue weighted by Crippen LogP contribution is 2.30. The first-order valence-electron chi connectivity index (χ1n) is 6.68. The fourth-order valence-corrected chi connectivity index (χ4v) is 1.96. The second-order valence-electron chi connectivity index (χ2n) is 4.46. The lowest BCUT2D eigenvalue weighted by Gasteiger charge is -2.16. The lowest BCUT2D eigenvalue weighted by atomic mass is 10.1. The molecule has 0 spiro atoms. The molecule has 108 valence electrons. The molecular weight excluding hydrogens is 256 g/mol. The molecule has 1 unspecified atom stereocenters. The molecule has 1 aromatic heterocycles. The van der Waals surface area contributed by atoms with Gasteiger partial charge in [0.15, 0.2) is 17.3 Å². The van der Waals surface area contributed by atoms with E-state index in [0.29, 0.717) is 23.9 Å². The number of rotatable bonds is 7. The van der Waals surface area contributed by atoms with Gasteiger partial charge in [0.1, 0.15) is 6.61 Å². The molecule has 1 aromatic carbocycles. The molecule has 0 aliphatic heterocycles. The van der Waals surface area contributed by atoms with Crippen molar-refractivity contribution >= 4 is 0 Å². The number of ether oxygens (including phenoxy) is 2. The maximum absolute atomic E-state index is 5.69. The minimum atomic E-state index is 0.275. The quantitative estimate of drug-likeness (QED) is 0.842. The summed E-state index contributed by atoms with van der Waals surface area (Å²) in [6, 6.07) is 7.98. The molecule has 2 aromatic rings. The van der Waals surface area contributed by atoms with Crippen LogP contribution in [0, 0.1) is 0 Å². The molecular formula is C15H20N2O3. The lowest BCUT2D eigenvalue weighted by molar-refractivity contribution is 0.239. The van der Waals surface area contributed by atoms with Crippen LogP contribution in [0.1, 0.15) is 31.2 Å². The summed E-state index contributed by atoms with van der Waals surface area (Å²) in [5.41, 5.74) is 1.16. The van der Waals surface area contributed by atoms with E-state index in [1.807, 2.05) is 18.2 Å². The lowest BCUT2D eigenvalue weighted by Crippen LogP contribution is -2.17. The van der Waals surface area contributed by atoms with E-state index in [1.54, 1.807) is 19.4 Å². The van der Waals surface area contributed by atoms with Gasteiger partial charge < -0.3 is 19.3 Å². The van der Waals surface area contributed by atoms with Crippen LogP contribution in [0.15, 0.2) is 35.0 Å². The van der Waals surface area contributed by atoms with Gasteiger partial charge in [0.05, 0.1) is 13.3 Å². The van der Waals surface area contributed by atoms with E-state index in [-0.39, 0.29) is 6.04 Å². The number of hydrogen-bond donors (Lipinski definition) is 1. The van der Waals surface area contributed by atoms with Gasteiger partial charge in [0, 0.05) is 12.1 Å². The van der Waals surface area contributed by atoms with Crippen LogP contribution in [0.2, 0.25) is 0 Å². The SMILES string of the molecule is CCNC(C)c1ccc(OCc2ccno2)c(OC)c1. The van der Waals surface area contributed by atoms with Gasteiger partial charge >= 0.3 is 0 Å². The zero-order valence-corrected chi connectivity index (χ0v) is 12.1. The molecule has 1 N–H and O–H groups in total. The number of aromatic nitrogens is 1. The van der Waals surface area contributed by atoms with Gasteiger partial charge in [-0.15, -0.1) is 0 Å². The zero-order valence-electron chi connectivity index (χ0n) is 12.1. The Kier molecular flexibility index (Phi) is 5.01. The van der Waals surface area contributed by atoms with Crippen molar-refractivity contribution in [2.45, 2.75) is 26.5 Å². The highest BCUT2D eigenvalue weighted by Gasteiger charge is 2.10. The van der Waals surface area contributed by atoms with Crippen LogP contribution in [-0.4, -0.2) is 18.8 Å². The van der Waals surface area contributed by atoms with Crippen molar-refractivity contribution in [3.05, 3.63) is 41.8 Å². The van der Waals surface area contributed by atoms with Gasteiger partial charge in [-0.1, -0.05) is 18.1 Å². The number of hydrogen-bond acceptors (Lipinski definition) is 5.